The smallest absolute Gasteiger partial charge is 0.482 e. The van der Waals surface area contributed by atoms with Crippen LogP contribution in [0.3, 0.4) is 0 Å². The molecule has 5 rings (SSSR count). The summed E-state index contributed by atoms with van der Waals surface area (Å²) in [4.78, 5) is 21.6. The van der Waals surface area contributed by atoms with Crippen molar-refractivity contribution in [2.45, 2.75) is 25.1 Å². The number of aromatic nitrogens is 3. The number of thioether (sulfide) groups is 1. The standard InChI is InChI=1S/C29H21ClF7N5O5S/c30-18-5-10-23(46-14-28(32,33)34)22(11-18)42-24(43)13-48-26(42)39-27(44)45-12-21(31)16-1-3-17(4-2-16)25-38-15-41(40-25)19-6-8-20(9-7-19)47-29(35,36)37/h1-11,15,21,27,44H,12-14H2/b39-26-. The third-order valence-electron chi connectivity index (χ3n) is 6.29. The molecule has 3 aromatic carbocycles. The van der Waals surface area contributed by atoms with E-state index >= 15 is 0 Å². The third-order valence-corrected chi connectivity index (χ3v) is 7.46. The van der Waals surface area contributed by atoms with Crippen LogP contribution in [-0.2, 0) is 9.53 Å². The van der Waals surface area contributed by atoms with Crippen LogP contribution in [0.2, 0.25) is 5.02 Å². The summed E-state index contributed by atoms with van der Waals surface area (Å²) < 4.78 is 106. The van der Waals surface area contributed by atoms with Crippen LogP contribution in [0.1, 0.15) is 11.7 Å². The van der Waals surface area contributed by atoms with E-state index in [9.17, 15) is 40.6 Å². The molecule has 4 aromatic rings. The van der Waals surface area contributed by atoms with Gasteiger partial charge in [-0.1, -0.05) is 47.6 Å². The molecule has 19 heteroatoms. The number of aliphatic imine (C=N–C) groups is 1. The molecule has 0 radical (unpaired) electrons. The second-order valence-electron chi connectivity index (χ2n) is 9.75. The van der Waals surface area contributed by atoms with Crippen LogP contribution in [-0.4, -0.2) is 68.9 Å². The van der Waals surface area contributed by atoms with Crippen molar-refractivity contribution in [2.24, 2.45) is 4.99 Å². The molecular weight excluding hydrogens is 699 g/mol. The molecule has 254 valence electrons. The number of halogens is 8. The van der Waals surface area contributed by atoms with Crippen molar-refractivity contribution in [2.75, 3.05) is 23.9 Å². The Hall–Kier alpha value is -4.39. The van der Waals surface area contributed by atoms with Gasteiger partial charge in [0.2, 0.25) is 5.91 Å². The van der Waals surface area contributed by atoms with Crippen LogP contribution in [0.5, 0.6) is 11.5 Å². The average Bonchev–Trinajstić information content (AvgIpc) is 3.65. The first-order valence-electron chi connectivity index (χ1n) is 13.5. The first-order chi connectivity index (χ1) is 22.6. The van der Waals surface area contributed by atoms with Gasteiger partial charge in [-0.15, -0.1) is 18.3 Å². The highest BCUT2D eigenvalue weighted by Crippen LogP contribution is 2.37. The second-order valence-corrected chi connectivity index (χ2v) is 11.1. The number of aliphatic hydroxyl groups excluding tert-OH is 1. The number of nitrogens with zero attached hydrogens (tertiary/aromatic N) is 5. The third kappa shape index (κ3) is 9.15. The summed E-state index contributed by atoms with van der Waals surface area (Å²) >= 11 is 6.87. The zero-order valence-corrected chi connectivity index (χ0v) is 25.5. The Kier molecular flexibility index (Phi) is 10.5. The van der Waals surface area contributed by atoms with Gasteiger partial charge in [0.25, 0.3) is 6.41 Å². The molecule has 1 amide bonds. The zero-order chi connectivity index (χ0) is 34.6. The summed E-state index contributed by atoms with van der Waals surface area (Å²) in [5, 5.41) is 14.6. The van der Waals surface area contributed by atoms with Gasteiger partial charge in [0.15, 0.2) is 17.6 Å². The molecule has 0 saturated carbocycles. The summed E-state index contributed by atoms with van der Waals surface area (Å²) in [5.41, 5.74) is 0.936. The molecule has 2 heterocycles. The number of alkyl halides is 7. The van der Waals surface area contributed by atoms with Crippen molar-refractivity contribution in [1.29, 1.82) is 0 Å². The summed E-state index contributed by atoms with van der Waals surface area (Å²) in [6, 6.07) is 14.5. The molecule has 1 fully saturated rings. The number of hydrogen-bond acceptors (Lipinski definition) is 9. The van der Waals surface area contributed by atoms with E-state index < -0.39 is 50.0 Å². The average molecular weight is 720 g/mol. The number of amidine groups is 1. The van der Waals surface area contributed by atoms with Crippen molar-refractivity contribution >= 4 is 40.1 Å². The van der Waals surface area contributed by atoms with Crippen LogP contribution in [0.25, 0.3) is 17.1 Å². The Bertz CT molecular complexity index is 1770. The molecule has 0 spiro atoms. The fourth-order valence-corrected chi connectivity index (χ4v) is 5.24. The van der Waals surface area contributed by atoms with Gasteiger partial charge in [-0.3, -0.25) is 9.69 Å². The monoisotopic (exact) mass is 719 g/mol. The molecular formula is C29H21ClF7N5O5S. The molecule has 10 nitrogen and oxygen atoms in total. The van der Waals surface area contributed by atoms with Gasteiger partial charge < -0.3 is 19.3 Å². The number of benzene rings is 3. The van der Waals surface area contributed by atoms with Gasteiger partial charge in [-0.2, -0.15) is 13.2 Å². The van der Waals surface area contributed by atoms with E-state index in [-0.39, 0.29) is 38.8 Å². The van der Waals surface area contributed by atoms with Crippen molar-refractivity contribution in [1.82, 2.24) is 14.8 Å². The summed E-state index contributed by atoms with van der Waals surface area (Å²) in [7, 11) is 0. The molecule has 1 N–H and O–H groups in total. The molecule has 1 aromatic heterocycles. The van der Waals surface area contributed by atoms with Gasteiger partial charge in [0, 0.05) is 10.6 Å². The van der Waals surface area contributed by atoms with Gasteiger partial charge in [-0.25, -0.2) is 19.0 Å². The van der Waals surface area contributed by atoms with Gasteiger partial charge in [0.1, 0.15) is 24.0 Å². The van der Waals surface area contributed by atoms with Crippen molar-refractivity contribution < 1.29 is 54.8 Å². The minimum Gasteiger partial charge on any atom is -0.482 e. The number of amides is 1. The largest absolute Gasteiger partial charge is 0.573 e. The Morgan fingerprint density at radius 3 is 2.40 bits per heavy atom. The first-order valence-corrected chi connectivity index (χ1v) is 14.9. The normalized spacial score (nSPS) is 16.0. The fraction of sp³-hybridized carbons (Fsp3) is 0.241. The van der Waals surface area contributed by atoms with Crippen molar-refractivity contribution in [3.8, 4) is 28.6 Å². The fourth-order valence-electron chi connectivity index (χ4n) is 4.20. The molecule has 0 aliphatic carbocycles. The minimum absolute atomic E-state index is 0.0915. The molecule has 0 bridgehead atoms. The Balaban J connectivity index is 1.20. The lowest BCUT2D eigenvalue weighted by Gasteiger charge is -2.21. The highest BCUT2D eigenvalue weighted by Gasteiger charge is 2.35. The number of hydrogen-bond donors (Lipinski definition) is 1. The Labute approximate surface area is 275 Å². The summed E-state index contributed by atoms with van der Waals surface area (Å²) in [6.45, 7) is -2.29. The topological polar surface area (TPSA) is 111 Å². The molecule has 48 heavy (non-hydrogen) atoms. The lowest BCUT2D eigenvalue weighted by molar-refractivity contribution is -0.274. The SMILES string of the molecule is O=C1CS/C(=N\C(O)OCC(F)c2ccc(-c3ncn(-c4ccc(OC(F)(F)F)cc4)n3)cc2)N1c1cc(Cl)ccc1OCC(F)(F)F. The summed E-state index contributed by atoms with van der Waals surface area (Å²) in [6.07, 6.45) is -11.8. The Morgan fingerprint density at radius 2 is 1.73 bits per heavy atom. The predicted octanol–water partition coefficient (Wildman–Crippen LogP) is 6.87. The number of anilines is 1. The van der Waals surface area contributed by atoms with Gasteiger partial charge in [0.05, 0.1) is 23.7 Å². The van der Waals surface area contributed by atoms with E-state index in [0.717, 1.165) is 34.9 Å². The van der Waals surface area contributed by atoms with Gasteiger partial charge in [-0.05, 0) is 48.0 Å². The van der Waals surface area contributed by atoms with Crippen LogP contribution in [0.4, 0.5) is 36.4 Å². The molecule has 2 atom stereocenters. The molecule has 2 unspecified atom stereocenters. The van der Waals surface area contributed by atoms with E-state index in [4.69, 9.17) is 21.1 Å². The highest BCUT2D eigenvalue weighted by molar-refractivity contribution is 8.15. The number of ether oxygens (including phenoxy) is 3. The first kappa shape index (κ1) is 34.9. The van der Waals surface area contributed by atoms with Crippen LogP contribution in [0.15, 0.2) is 78.0 Å². The van der Waals surface area contributed by atoms with E-state index in [0.29, 0.717) is 11.3 Å². The van der Waals surface area contributed by atoms with Crippen molar-refractivity contribution in [3.05, 3.63) is 83.6 Å². The lowest BCUT2D eigenvalue weighted by atomic mass is 10.1. The quantitative estimate of drug-likeness (QED) is 0.132. The van der Waals surface area contributed by atoms with E-state index in [1.165, 1.54) is 59.5 Å². The van der Waals surface area contributed by atoms with Crippen LogP contribution < -0.4 is 14.4 Å². The number of rotatable bonds is 11. The van der Waals surface area contributed by atoms with E-state index in [2.05, 4.69) is 19.8 Å². The predicted molar refractivity (Wildman–Crippen MR) is 160 cm³/mol. The zero-order valence-electron chi connectivity index (χ0n) is 24.0. The Morgan fingerprint density at radius 1 is 1.02 bits per heavy atom. The summed E-state index contributed by atoms with van der Waals surface area (Å²) in [5.74, 6) is -1.20. The maximum Gasteiger partial charge on any atom is 0.573 e. The maximum atomic E-state index is 15.0. The lowest BCUT2D eigenvalue weighted by Crippen LogP contribution is -2.31. The van der Waals surface area contributed by atoms with Gasteiger partial charge >= 0.3 is 12.5 Å². The number of carbonyl (C=O) groups is 1. The minimum atomic E-state index is -4.82. The van der Waals surface area contributed by atoms with E-state index in [1.807, 2.05) is 0 Å². The highest BCUT2D eigenvalue weighted by atomic mass is 35.5. The van der Waals surface area contributed by atoms with E-state index in [1.54, 1.807) is 0 Å². The van der Waals surface area contributed by atoms with Crippen molar-refractivity contribution in [3.63, 3.8) is 0 Å². The molecule has 1 aliphatic heterocycles. The maximum absolute atomic E-state index is 15.0. The van der Waals surface area contributed by atoms with Crippen LogP contribution >= 0.6 is 23.4 Å². The number of carbonyl (C=O) groups excluding carboxylic acids is 1. The second kappa shape index (κ2) is 14.4. The molecule has 1 aliphatic rings. The van der Waals surface area contributed by atoms with Crippen LogP contribution in [0, 0.1) is 0 Å². The molecule has 1 saturated heterocycles. The number of aliphatic hydroxyl groups is 1.